The molecule has 0 spiro atoms. The summed E-state index contributed by atoms with van der Waals surface area (Å²) in [6.45, 7) is -0.333. The second kappa shape index (κ2) is 11.6. The molecule has 224 valence electrons. The summed E-state index contributed by atoms with van der Waals surface area (Å²) < 4.78 is 71.3. The van der Waals surface area contributed by atoms with Crippen LogP contribution in [0.25, 0.3) is 17.1 Å². The van der Waals surface area contributed by atoms with Gasteiger partial charge in [0.05, 0.1) is 12.2 Å². The first kappa shape index (κ1) is 30.7. The van der Waals surface area contributed by atoms with E-state index in [1.54, 1.807) is 0 Å². The molecular formula is C23H22ClF3N8O6S. The molecule has 2 aromatic carbocycles. The Morgan fingerprint density at radius 2 is 1.79 bits per heavy atom. The number of aliphatic hydroxyl groups excluding tert-OH is 1. The number of alkyl halides is 3. The summed E-state index contributed by atoms with van der Waals surface area (Å²) in [5.41, 5.74) is 4.21. The summed E-state index contributed by atoms with van der Waals surface area (Å²) in [6.07, 6.45) is -10.3. The first-order valence-corrected chi connectivity index (χ1v) is 13.7. The average molecular weight is 631 g/mol. The summed E-state index contributed by atoms with van der Waals surface area (Å²) in [5.74, 6) is -0.526. The predicted molar refractivity (Wildman–Crippen MR) is 140 cm³/mol. The molecule has 0 aliphatic heterocycles. The zero-order valence-electron chi connectivity index (χ0n) is 21.4. The summed E-state index contributed by atoms with van der Waals surface area (Å²) in [7, 11) is -4.28. The standard InChI is InChI=1S/C23H22ClF3N8O6S/c1-12(41-21(28)37)19-30-18(31-35(19)15-4-2-3-5-16(15)42(29,39)40)11-34-22(38)33(10-17(36)23(25,26)27)20(32-34)13-6-8-14(24)9-7-13/h2-9,12,17,36H,10-11H2,1H3,(H2,28,37)(H2,29,39,40)/t12-,17-/m0/s1. The largest absolute Gasteiger partial charge is 0.438 e. The van der Waals surface area contributed by atoms with E-state index in [0.29, 0.717) is 9.59 Å². The number of halogens is 4. The highest BCUT2D eigenvalue weighted by Gasteiger charge is 2.39. The highest BCUT2D eigenvalue weighted by molar-refractivity contribution is 7.89. The molecule has 4 aromatic rings. The van der Waals surface area contributed by atoms with Crippen LogP contribution < -0.4 is 16.6 Å². The van der Waals surface area contributed by atoms with E-state index >= 15 is 0 Å². The van der Waals surface area contributed by atoms with Gasteiger partial charge in [-0.1, -0.05) is 23.7 Å². The molecule has 0 bridgehead atoms. The lowest BCUT2D eigenvalue weighted by atomic mass is 10.2. The number of amides is 1. The van der Waals surface area contributed by atoms with Crippen LogP contribution in [0.3, 0.4) is 0 Å². The Labute approximate surface area is 239 Å². The second-order valence-electron chi connectivity index (χ2n) is 8.83. The van der Waals surface area contributed by atoms with Gasteiger partial charge < -0.3 is 15.6 Å². The Balaban J connectivity index is 1.84. The van der Waals surface area contributed by atoms with Crippen molar-refractivity contribution >= 4 is 27.7 Å². The van der Waals surface area contributed by atoms with E-state index in [-0.39, 0.29) is 33.6 Å². The van der Waals surface area contributed by atoms with Crippen molar-refractivity contribution in [2.45, 2.75) is 43.3 Å². The van der Waals surface area contributed by atoms with Crippen molar-refractivity contribution in [2.75, 3.05) is 0 Å². The van der Waals surface area contributed by atoms with Crippen LogP contribution in [0.15, 0.2) is 58.2 Å². The summed E-state index contributed by atoms with van der Waals surface area (Å²) in [4.78, 5) is 28.5. The van der Waals surface area contributed by atoms with Crippen LogP contribution >= 0.6 is 11.6 Å². The van der Waals surface area contributed by atoms with E-state index in [9.17, 15) is 36.3 Å². The third-order valence-corrected chi connectivity index (χ3v) is 6.99. The molecule has 14 nitrogen and oxygen atoms in total. The Hall–Kier alpha value is -4.26. The summed E-state index contributed by atoms with van der Waals surface area (Å²) in [6, 6.07) is 11.1. The molecule has 1 amide bonds. The average Bonchev–Trinajstić information content (AvgIpc) is 3.45. The molecular weight excluding hydrogens is 609 g/mol. The third kappa shape index (κ3) is 6.62. The molecule has 0 saturated carbocycles. The number of para-hydroxylation sites is 1. The smallest absolute Gasteiger partial charge is 0.416 e. The molecule has 0 fully saturated rings. The van der Waals surface area contributed by atoms with E-state index in [2.05, 4.69) is 15.2 Å². The number of sulfonamides is 1. The van der Waals surface area contributed by atoms with E-state index in [4.69, 9.17) is 27.2 Å². The lowest BCUT2D eigenvalue weighted by Crippen LogP contribution is -2.37. The van der Waals surface area contributed by atoms with Gasteiger partial charge in [0, 0.05) is 10.6 Å². The maximum absolute atomic E-state index is 13.2. The van der Waals surface area contributed by atoms with E-state index < -0.39 is 53.3 Å². The monoisotopic (exact) mass is 630 g/mol. The highest BCUT2D eigenvalue weighted by atomic mass is 35.5. The maximum Gasteiger partial charge on any atom is 0.416 e. The van der Waals surface area contributed by atoms with Crippen molar-refractivity contribution in [2.24, 2.45) is 10.9 Å². The number of carbonyl (C=O) groups is 1. The van der Waals surface area contributed by atoms with Gasteiger partial charge in [-0.2, -0.15) is 13.2 Å². The predicted octanol–water partition coefficient (Wildman–Crippen LogP) is 1.72. The highest BCUT2D eigenvalue weighted by Crippen LogP contribution is 2.26. The first-order valence-electron chi connectivity index (χ1n) is 11.8. The van der Waals surface area contributed by atoms with E-state index in [1.807, 2.05) is 0 Å². The fourth-order valence-electron chi connectivity index (χ4n) is 3.91. The molecule has 0 radical (unpaired) electrons. The zero-order valence-corrected chi connectivity index (χ0v) is 23.0. The minimum absolute atomic E-state index is 0.0818. The number of hydrogen-bond acceptors (Lipinski definition) is 9. The molecule has 19 heteroatoms. The van der Waals surface area contributed by atoms with Crippen LogP contribution in [0.1, 0.15) is 24.7 Å². The number of nitrogens with two attached hydrogens (primary N) is 2. The van der Waals surface area contributed by atoms with Crippen LogP contribution in [-0.4, -0.2) is 61.0 Å². The quantitative estimate of drug-likeness (QED) is 0.246. The van der Waals surface area contributed by atoms with Gasteiger partial charge in [-0.05, 0) is 43.3 Å². The first-order chi connectivity index (χ1) is 19.6. The molecule has 2 atom stereocenters. The summed E-state index contributed by atoms with van der Waals surface area (Å²) >= 11 is 5.90. The van der Waals surface area contributed by atoms with Crippen LogP contribution in [0.2, 0.25) is 5.02 Å². The normalized spacial score (nSPS) is 13.6. The third-order valence-electron chi connectivity index (χ3n) is 5.78. The minimum Gasteiger partial charge on any atom is -0.438 e. The molecule has 42 heavy (non-hydrogen) atoms. The van der Waals surface area contributed by atoms with Crippen LogP contribution in [-0.2, 0) is 27.8 Å². The van der Waals surface area contributed by atoms with Crippen molar-refractivity contribution < 1.29 is 36.2 Å². The van der Waals surface area contributed by atoms with Gasteiger partial charge in [-0.3, -0.25) is 4.57 Å². The van der Waals surface area contributed by atoms with Gasteiger partial charge in [0.15, 0.2) is 29.7 Å². The van der Waals surface area contributed by atoms with E-state index in [0.717, 1.165) is 9.36 Å². The van der Waals surface area contributed by atoms with Gasteiger partial charge in [-0.15, -0.1) is 10.2 Å². The number of nitrogens with zero attached hydrogens (tertiary/aromatic N) is 6. The number of aromatic nitrogens is 6. The van der Waals surface area contributed by atoms with Crippen molar-refractivity contribution in [1.29, 1.82) is 0 Å². The fourth-order valence-corrected chi connectivity index (χ4v) is 4.75. The minimum atomic E-state index is -5.03. The Bertz CT molecular complexity index is 1790. The van der Waals surface area contributed by atoms with Gasteiger partial charge in [0.25, 0.3) is 0 Å². The van der Waals surface area contributed by atoms with Crippen molar-refractivity contribution in [3.8, 4) is 17.1 Å². The summed E-state index contributed by atoms with van der Waals surface area (Å²) in [5, 5.41) is 23.7. The molecule has 5 N–H and O–H groups in total. The van der Waals surface area contributed by atoms with Crippen LogP contribution in [0.4, 0.5) is 18.0 Å². The zero-order chi connectivity index (χ0) is 31.0. The number of primary sulfonamides is 1. The molecule has 2 aromatic heterocycles. The van der Waals surface area contributed by atoms with Gasteiger partial charge in [-0.25, -0.2) is 37.5 Å². The number of aliphatic hydroxyl groups is 1. The molecule has 0 aliphatic carbocycles. The fraction of sp³-hybridized carbons (Fsp3) is 0.261. The number of ether oxygens (including phenoxy) is 1. The Morgan fingerprint density at radius 3 is 2.38 bits per heavy atom. The van der Waals surface area contributed by atoms with Gasteiger partial charge in [0.1, 0.15) is 11.4 Å². The number of benzene rings is 2. The van der Waals surface area contributed by atoms with Gasteiger partial charge in [0.2, 0.25) is 10.0 Å². The molecule has 2 heterocycles. The van der Waals surface area contributed by atoms with Crippen molar-refractivity contribution in [3.05, 3.63) is 75.7 Å². The topological polar surface area (TPSA) is 203 Å². The molecule has 0 saturated heterocycles. The van der Waals surface area contributed by atoms with Crippen LogP contribution in [0, 0.1) is 0 Å². The van der Waals surface area contributed by atoms with Crippen molar-refractivity contribution in [3.63, 3.8) is 0 Å². The lowest BCUT2D eigenvalue weighted by molar-refractivity contribution is -0.207. The molecule has 4 rings (SSSR count). The molecule has 0 aliphatic rings. The maximum atomic E-state index is 13.2. The number of hydrogen-bond donors (Lipinski definition) is 3. The number of primary amides is 1. The van der Waals surface area contributed by atoms with Gasteiger partial charge >= 0.3 is 18.0 Å². The van der Waals surface area contributed by atoms with Crippen molar-refractivity contribution in [1.82, 2.24) is 29.1 Å². The SMILES string of the molecule is C[C@H](OC(N)=O)c1nc(Cn2nc(-c3ccc(Cl)cc3)n(C[C@H](O)C(F)(F)F)c2=O)nn1-c1ccccc1S(N)(=O)=O. The number of carbonyl (C=O) groups excluding carboxylic acids is 1. The Kier molecular flexibility index (Phi) is 8.44. The molecule has 0 unspecified atom stereocenters. The van der Waals surface area contributed by atoms with Crippen LogP contribution in [0.5, 0.6) is 0 Å². The Morgan fingerprint density at radius 1 is 1.14 bits per heavy atom. The number of rotatable bonds is 9. The van der Waals surface area contributed by atoms with E-state index in [1.165, 1.54) is 55.5 Å². The second-order valence-corrected chi connectivity index (χ2v) is 10.8. The lowest BCUT2D eigenvalue weighted by Gasteiger charge is -2.15.